The Kier molecular flexibility index (Phi) is 5.66. The molecule has 0 unspecified atom stereocenters. The van der Waals surface area contributed by atoms with E-state index in [-0.39, 0.29) is 5.41 Å². The van der Waals surface area contributed by atoms with Gasteiger partial charge in [-0.2, -0.15) is 0 Å². The number of nitrogens with one attached hydrogen (secondary N) is 1. The molecule has 2 heteroatoms. The first-order valence-electron chi connectivity index (χ1n) is 15.0. The largest absolute Gasteiger partial charge is 0.387 e. The second kappa shape index (κ2) is 9.33. The van der Waals surface area contributed by atoms with Gasteiger partial charge >= 0.3 is 0 Å². The Bertz CT molecular complexity index is 1900. The molecular weight excluding hydrogens is 515 g/mol. The first-order chi connectivity index (χ1) is 20.0. The second-order valence-corrected chi connectivity index (χ2v) is 13.5. The summed E-state index contributed by atoms with van der Waals surface area (Å²) >= 11 is 2.00. The van der Waals surface area contributed by atoms with Crippen LogP contribution in [-0.4, -0.2) is 6.54 Å². The van der Waals surface area contributed by atoms with E-state index in [4.69, 9.17) is 0 Å². The lowest BCUT2D eigenvalue weighted by molar-refractivity contribution is 0.597. The van der Waals surface area contributed by atoms with Crippen molar-refractivity contribution in [1.29, 1.82) is 0 Å². The van der Waals surface area contributed by atoms with Gasteiger partial charge in [-0.15, -0.1) is 11.3 Å². The highest BCUT2D eigenvalue weighted by Crippen LogP contribution is 2.56. The SMILES string of the molecule is C[C@H]1CC=C(C2=CC=CNC2)c2cccc(-c3cccc4c5c(sc34)-c3ccccc3C(C)(C)C3=C5C=CCC3)c21. The van der Waals surface area contributed by atoms with Crippen LogP contribution in [-0.2, 0) is 5.41 Å². The molecule has 0 bridgehead atoms. The Morgan fingerprint density at radius 1 is 0.902 bits per heavy atom. The highest BCUT2D eigenvalue weighted by atomic mass is 32.1. The van der Waals surface area contributed by atoms with Crippen LogP contribution < -0.4 is 5.32 Å². The zero-order chi connectivity index (χ0) is 27.7. The van der Waals surface area contributed by atoms with Gasteiger partial charge in [-0.25, -0.2) is 0 Å². The minimum absolute atomic E-state index is 0.00782. The Morgan fingerprint density at radius 3 is 2.59 bits per heavy atom. The molecule has 0 radical (unpaired) electrons. The first-order valence-corrected chi connectivity index (χ1v) is 15.8. The summed E-state index contributed by atoms with van der Waals surface area (Å²) in [5, 5.41) is 4.81. The summed E-state index contributed by atoms with van der Waals surface area (Å²) in [6, 6.07) is 23.2. The van der Waals surface area contributed by atoms with Crippen molar-refractivity contribution in [1.82, 2.24) is 5.32 Å². The topological polar surface area (TPSA) is 12.0 Å². The third kappa shape index (κ3) is 3.66. The zero-order valence-electron chi connectivity index (χ0n) is 24.1. The van der Waals surface area contributed by atoms with E-state index in [0.717, 1.165) is 25.8 Å². The molecule has 8 rings (SSSR count). The molecule has 0 fully saturated rings. The lowest BCUT2D eigenvalue weighted by Gasteiger charge is -2.32. The average molecular weight is 550 g/mol. The summed E-state index contributed by atoms with van der Waals surface area (Å²) in [6.45, 7) is 8.14. The summed E-state index contributed by atoms with van der Waals surface area (Å²) in [5.41, 5.74) is 15.8. The first kappa shape index (κ1) is 24.9. The summed E-state index contributed by atoms with van der Waals surface area (Å²) in [6.07, 6.45) is 17.0. The molecule has 0 saturated heterocycles. The molecule has 3 aromatic carbocycles. The van der Waals surface area contributed by atoms with Gasteiger partial charge in [0.25, 0.3) is 0 Å². The number of benzene rings is 3. The van der Waals surface area contributed by atoms with Gasteiger partial charge in [0.05, 0.1) is 0 Å². The fraction of sp³-hybridized carbons (Fsp3) is 0.231. The molecule has 4 aromatic rings. The molecule has 0 spiro atoms. The van der Waals surface area contributed by atoms with E-state index >= 15 is 0 Å². The van der Waals surface area contributed by atoms with Crippen LogP contribution in [0.25, 0.3) is 42.8 Å². The third-order valence-electron chi connectivity index (χ3n) is 9.76. The van der Waals surface area contributed by atoms with E-state index in [1.54, 1.807) is 5.57 Å². The maximum atomic E-state index is 3.42. The van der Waals surface area contributed by atoms with Crippen LogP contribution in [0, 0.1) is 0 Å². The van der Waals surface area contributed by atoms with Crippen molar-refractivity contribution in [2.45, 2.75) is 51.4 Å². The van der Waals surface area contributed by atoms with Crippen molar-refractivity contribution >= 4 is 32.6 Å². The second-order valence-electron chi connectivity index (χ2n) is 12.4. The number of hydrogen-bond donors (Lipinski definition) is 1. The third-order valence-corrected chi connectivity index (χ3v) is 11.0. The van der Waals surface area contributed by atoms with Crippen LogP contribution in [0.2, 0.25) is 0 Å². The molecule has 1 aromatic heterocycles. The molecule has 2 heterocycles. The van der Waals surface area contributed by atoms with Crippen molar-refractivity contribution in [2.75, 3.05) is 6.54 Å². The summed E-state index contributed by atoms with van der Waals surface area (Å²) < 4.78 is 1.41. The Labute approximate surface area is 247 Å². The predicted octanol–water partition coefficient (Wildman–Crippen LogP) is 10.6. The highest BCUT2D eigenvalue weighted by molar-refractivity contribution is 7.23. The normalized spacial score (nSPS) is 20.3. The van der Waals surface area contributed by atoms with Gasteiger partial charge < -0.3 is 5.32 Å². The summed E-state index contributed by atoms with van der Waals surface area (Å²) in [5.74, 6) is 0.475. The molecule has 0 saturated carbocycles. The van der Waals surface area contributed by atoms with Crippen LogP contribution in [0.4, 0.5) is 0 Å². The summed E-state index contributed by atoms with van der Waals surface area (Å²) in [4.78, 5) is 1.43. The highest BCUT2D eigenvalue weighted by Gasteiger charge is 2.36. The van der Waals surface area contributed by atoms with Crippen LogP contribution in [0.5, 0.6) is 0 Å². The van der Waals surface area contributed by atoms with Crippen LogP contribution in [0.15, 0.2) is 108 Å². The molecule has 0 amide bonds. The molecule has 4 aliphatic rings. The Hall–Kier alpha value is -3.88. The van der Waals surface area contributed by atoms with Gasteiger partial charge in [0.1, 0.15) is 0 Å². The Morgan fingerprint density at radius 2 is 1.71 bits per heavy atom. The molecular formula is C39H35NS. The van der Waals surface area contributed by atoms with Gasteiger partial charge in [0.15, 0.2) is 0 Å². The standard InChI is InChI=1S/C39H35NS/c1-24-20-21-26(25-11-10-22-40-23-25)27-14-8-15-28(35(24)27)29-16-9-17-32-36-30-12-4-6-18-33(30)39(2,3)34-19-7-5-13-31(34)38(36)41-37(29)32/h4-5,7-17,19,21-22,24,40H,6,18,20,23H2,1-3H3/t24-/m0/s1. The molecule has 41 heavy (non-hydrogen) atoms. The number of allylic oxidation sites excluding steroid dienone is 7. The van der Waals surface area contributed by atoms with Crippen LogP contribution in [0.1, 0.15) is 68.2 Å². The van der Waals surface area contributed by atoms with Crippen LogP contribution >= 0.6 is 11.3 Å². The van der Waals surface area contributed by atoms with E-state index < -0.39 is 0 Å². The summed E-state index contributed by atoms with van der Waals surface area (Å²) in [7, 11) is 0. The molecule has 1 atom stereocenters. The van der Waals surface area contributed by atoms with E-state index in [9.17, 15) is 0 Å². The minimum Gasteiger partial charge on any atom is -0.387 e. The molecule has 3 aliphatic carbocycles. The van der Waals surface area contributed by atoms with Crippen molar-refractivity contribution < 1.29 is 0 Å². The van der Waals surface area contributed by atoms with Crippen molar-refractivity contribution in [3.05, 3.63) is 131 Å². The minimum atomic E-state index is 0.00782. The molecule has 1 N–H and O–H groups in total. The van der Waals surface area contributed by atoms with E-state index in [0.29, 0.717) is 5.92 Å². The van der Waals surface area contributed by atoms with E-state index in [1.807, 2.05) is 17.5 Å². The Balaban J connectivity index is 1.40. The fourth-order valence-electron chi connectivity index (χ4n) is 7.76. The number of fused-ring (bicyclic) bond motifs is 7. The average Bonchev–Trinajstić information content (AvgIpc) is 3.38. The fourth-order valence-corrected chi connectivity index (χ4v) is 9.14. The van der Waals surface area contributed by atoms with Gasteiger partial charge in [-0.05, 0) is 87.6 Å². The van der Waals surface area contributed by atoms with Gasteiger partial charge in [-0.3, -0.25) is 0 Å². The molecule has 1 aliphatic heterocycles. The number of thiophene rings is 1. The van der Waals surface area contributed by atoms with Crippen LogP contribution in [0.3, 0.4) is 0 Å². The van der Waals surface area contributed by atoms with Gasteiger partial charge in [0.2, 0.25) is 0 Å². The molecule has 1 nitrogen and oxygen atoms in total. The lowest BCUT2D eigenvalue weighted by Crippen LogP contribution is -2.22. The lowest BCUT2D eigenvalue weighted by atomic mass is 9.72. The number of rotatable bonds is 2. The van der Waals surface area contributed by atoms with Gasteiger partial charge in [-0.1, -0.05) is 111 Å². The van der Waals surface area contributed by atoms with Crippen molar-refractivity contribution in [3.8, 4) is 21.6 Å². The predicted molar refractivity (Wildman–Crippen MR) is 177 cm³/mol. The van der Waals surface area contributed by atoms with Crippen molar-refractivity contribution in [2.24, 2.45) is 0 Å². The monoisotopic (exact) mass is 549 g/mol. The zero-order valence-corrected chi connectivity index (χ0v) is 24.9. The van der Waals surface area contributed by atoms with E-state index in [2.05, 4.69) is 117 Å². The maximum Gasteiger partial charge on any atom is 0.0437 e. The number of dihydropyridines is 1. The maximum absolute atomic E-state index is 3.42. The van der Waals surface area contributed by atoms with Crippen molar-refractivity contribution in [3.63, 3.8) is 0 Å². The quantitative estimate of drug-likeness (QED) is 0.262. The number of hydrogen-bond acceptors (Lipinski definition) is 2. The molecule has 202 valence electrons. The van der Waals surface area contributed by atoms with Gasteiger partial charge in [0, 0.05) is 32.5 Å². The smallest absolute Gasteiger partial charge is 0.0437 e. The van der Waals surface area contributed by atoms with E-state index in [1.165, 1.54) is 70.6 Å².